The Morgan fingerprint density at radius 3 is 2.38 bits per heavy atom. The standard InChI is InChI=1S/C8H6BrF3O/c9-6-3-1-2-4-7(6)13-5-8(10,11)12/h1-4H,5H2. The molecule has 0 bridgehead atoms. The molecule has 0 radical (unpaired) electrons. The Morgan fingerprint density at radius 1 is 1.23 bits per heavy atom. The fourth-order valence-corrected chi connectivity index (χ4v) is 1.12. The zero-order chi connectivity index (χ0) is 9.90. The Kier molecular flexibility index (Phi) is 3.19. The number of rotatable bonds is 2. The Bertz CT molecular complexity index is 285. The summed E-state index contributed by atoms with van der Waals surface area (Å²) in [5, 5.41) is 0. The van der Waals surface area contributed by atoms with E-state index < -0.39 is 12.8 Å². The molecule has 0 fully saturated rings. The highest BCUT2D eigenvalue weighted by atomic mass is 79.9. The highest BCUT2D eigenvalue weighted by Crippen LogP contribution is 2.25. The summed E-state index contributed by atoms with van der Waals surface area (Å²) in [4.78, 5) is 0. The van der Waals surface area contributed by atoms with Gasteiger partial charge < -0.3 is 4.74 Å². The predicted octanol–water partition coefficient (Wildman–Crippen LogP) is 3.39. The minimum absolute atomic E-state index is 0.194. The molecule has 0 spiro atoms. The van der Waals surface area contributed by atoms with Crippen LogP contribution in [0.25, 0.3) is 0 Å². The summed E-state index contributed by atoms with van der Waals surface area (Å²) in [5.41, 5.74) is 0. The molecule has 72 valence electrons. The molecular formula is C8H6BrF3O. The second kappa shape index (κ2) is 4.00. The van der Waals surface area contributed by atoms with Crippen LogP contribution in [0.5, 0.6) is 5.75 Å². The minimum atomic E-state index is -4.30. The fourth-order valence-electron chi connectivity index (χ4n) is 0.721. The van der Waals surface area contributed by atoms with Gasteiger partial charge >= 0.3 is 6.18 Å². The predicted molar refractivity (Wildman–Crippen MR) is 45.7 cm³/mol. The van der Waals surface area contributed by atoms with E-state index >= 15 is 0 Å². The van der Waals surface area contributed by atoms with E-state index in [-0.39, 0.29) is 5.75 Å². The average Bonchev–Trinajstić information content (AvgIpc) is 2.01. The summed E-state index contributed by atoms with van der Waals surface area (Å²) < 4.78 is 40.2. The van der Waals surface area contributed by atoms with Crippen LogP contribution < -0.4 is 4.74 Å². The molecule has 0 unspecified atom stereocenters. The third-order valence-electron chi connectivity index (χ3n) is 1.23. The maximum Gasteiger partial charge on any atom is 0.422 e. The van der Waals surface area contributed by atoms with Gasteiger partial charge in [-0.3, -0.25) is 0 Å². The molecule has 0 aromatic heterocycles. The molecule has 0 atom stereocenters. The zero-order valence-corrected chi connectivity index (χ0v) is 8.02. The molecule has 0 aliphatic heterocycles. The Balaban J connectivity index is 2.60. The van der Waals surface area contributed by atoms with Crippen LogP contribution in [0.4, 0.5) is 13.2 Å². The van der Waals surface area contributed by atoms with Gasteiger partial charge in [0.1, 0.15) is 5.75 Å². The van der Waals surface area contributed by atoms with Gasteiger partial charge in [-0.15, -0.1) is 0 Å². The lowest BCUT2D eigenvalue weighted by molar-refractivity contribution is -0.153. The van der Waals surface area contributed by atoms with Crippen molar-refractivity contribution in [3.63, 3.8) is 0 Å². The number of hydrogen-bond acceptors (Lipinski definition) is 1. The first-order valence-corrected chi connectivity index (χ1v) is 4.22. The van der Waals surface area contributed by atoms with Crippen molar-refractivity contribution in [3.05, 3.63) is 28.7 Å². The second-order valence-electron chi connectivity index (χ2n) is 2.33. The first kappa shape index (κ1) is 10.4. The summed E-state index contributed by atoms with van der Waals surface area (Å²) in [5.74, 6) is 0.194. The summed E-state index contributed by atoms with van der Waals surface area (Å²) in [6.45, 7) is -1.27. The lowest BCUT2D eigenvalue weighted by atomic mass is 10.3. The third kappa shape index (κ3) is 3.67. The zero-order valence-electron chi connectivity index (χ0n) is 6.44. The number of hydrogen-bond donors (Lipinski definition) is 0. The quantitative estimate of drug-likeness (QED) is 0.786. The number of para-hydroxylation sites is 1. The molecule has 0 saturated heterocycles. The van der Waals surface area contributed by atoms with E-state index in [1.807, 2.05) is 0 Å². The summed E-state index contributed by atoms with van der Waals surface area (Å²) in [6, 6.07) is 6.39. The van der Waals surface area contributed by atoms with Crippen molar-refractivity contribution < 1.29 is 17.9 Å². The van der Waals surface area contributed by atoms with Crippen LogP contribution >= 0.6 is 15.9 Å². The van der Waals surface area contributed by atoms with Crippen LogP contribution in [0.1, 0.15) is 0 Å². The lowest BCUT2D eigenvalue weighted by Crippen LogP contribution is -2.19. The second-order valence-corrected chi connectivity index (χ2v) is 3.19. The Labute approximate surface area is 81.6 Å². The number of benzene rings is 1. The van der Waals surface area contributed by atoms with E-state index in [0.29, 0.717) is 4.47 Å². The van der Waals surface area contributed by atoms with E-state index in [0.717, 1.165) is 0 Å². The molecule has 0 aliphatic rings. The van der Waals surface area contributed by atoms with E-state index in [2.05, 4.69) is 20.7 Å². The third-order valence-corrected chi connectivity index (χ3v) is 1.88. The van der Waals surface area contributed by atoms with Crippen LogP contribution in [-0.2, 0) is 0 Å². The average molecular weight is 255 g/mol. The van der Waals surface area contributed by atoms with Crippen molar-refractivity contribution in [2.75, 3.05) is 6.61 Å². The molecule has 1 rings (SSSR count). The van der Waals surface area contributed by atoms with Gasteiger partial charge in [0.05, 0.1) is 4.47 Å². The normalized spacial score (nSPS) is 11.4. The molecule has 0 saturated carbocycles. The Morgan fingerprint density at radius 2 is 1.85 bits per heavy atom. The first-order valence-electron chi connectivity index (χ1n) is 3.43. The first-order chi connectivity index (χ1) is 5.99. The van der Waals surface area contributed by atoms with Crippen LogP contribution in [0.3, 0.4) is 0 Å². The molecule has 5 heteroatoms. The van der Waals surface area contributed by atoms with Gasteiger partial charge in [-0.1, -0.05) is 12.1 Å². The van der Waals surface area contributed by atoms with Crippen molar-refractivity contribution in [3.8, 4) is 5.75 Å². The summed E-state index contributed by atoms with van der Waals surface area (Å²) in [7, 11) is 0. The number of ether oxygens (including phenoxy) is 1. The van der Waals surface area contributed by atoms with Gasteiger partial charge in [0, 0.05) is 0 Å². The monoisotopic (exact) mass is 254 g/mol. The summed E-state index contributed by atoms with van der Waals surface area (Å²) >= 11 is 3.07. The number of alkyl halides is 3. The van der Waals surface area contributed by atoms with Gasteiger partial charge in [0.25, 0.3) is 0 Å². The maximum atomic E-state index is 11.7. The van der Waals surface area contributed by atoms with Crippen molar-refractivity contribution in [2.45, 2.75) is 6.18 Å². The highest BCUT2D eigenvalue weighted by molar-refractivity contribution is 9.10. The van der Waals surface area contributed by atoms with Gasteiger partial charge in [-0.2, -0.15) is 13.2 Å². The van der Waals surface area contributed by atoms with Crippen LogP contribution in [0.15, 0.2) is 28.7 Å². The molecular weight excluding hydrogens is 249 g/mol. The molecule has 0 heterocycles. The highest BCUT2D eigenvalue weighted by Gasteiger charge is 2.28. The Hall–Kier alpha value is -0.710. The molecule has 1 aromatic carbocycles. The van der Waals surface area contributed by atoms with Crippen molar-refractivity contribution in [2.24, 2.45) is 0 Å². The van der Waals surface area contributed by atoms with Crippen LogP contribution in [-0.4, -0.2) is 12.8 Å². The van der Waals surface area contributed by atoms with Gasteiger partial charge in [0.15, 0.2) is 6.61 Å². The largest absolute Gasteiger partial charge is 0.483 e. The van der Waals surface area contributed by atoms with Crippen LogP contribution in [0, 0.1) is 0 Å². The van der Waals surface area contributed by atoms with Gasteiger partial charge in [0.2, 0.25) is 0 Å². The fraction of sp³-hybridized carbons (Fsp3) is 0.250. The van der Waals surface area contributed by atoms with E-state index in [1.54, 1.807) is 18.2 Å². The minimum Gasteiger partial charge on any atom is -0.483 e. The summed E-state index contributed by atoms with van der Waals surface area (Å²) in [6.07, 6.45) is -4.30. The van der Waals surface area contributed by atoms with Crippen molar-refractivity contribution in [1.29, 1.82) is 0 Å². The van der Waals surface area contributed by atoms with E-state index in [9.17, 15) is 13.2 Å². The van der Waals surface area contributed by atoms with Gasteiger partial charge in [-0.05, 0) is 28.1 Å². The lowest BCUT2D eigenvalue weighted by Gasteiger charge is -2.09. The molecule has 1 aromatic rings. The molecule has 0 N–H and O–H groups in total. The molecule has 0 aliphatic carbocycles. The van der Waals surface area contributed by atoms with E-state index in [4.69, 9.17) is 0 Å². The molecule has 0 amide bonds. The van der Waals surface area contributed by atoms with E-state index in [1.165, 1.54) is 6.07 Å². The SMILES string of the molecule is FC(F)(F)COc1ccccc1Br. The molecule has 1 nitrogen and oxygen atoms in total. The van der Waals surface area contributed by atoms with Crippen LogP contribution in [0.2, 0.25) is 0 Å². The smallest absolute Gasteiger partial charge is 0.422 e. The number of halogens is 4. The van der Waals surface area contributed by atoms with Crippen molar-refractivity contribution >= 4 is 15.9 Å². The topological polar surface area (TPSA) is 9.23 Å². The van der Waals surface area contributed by atoms with Crippen molar-refractivity contribution in [1.82, 2.24) is 0 Å². The van der Waals surface area contributed by atoms with Gasteiger partial charge in [-0.25, -0.2) is 0 Å². The molecule has 13 heavy (non-hydrogen) atoms. The maximum absolute atomic E-state index is 11.7.